The van der Waals surface area contributed by atoms with E-state index < -0.39 is 0 Å². The first-order valence-corrected chi connectivity index (χ1v) is 10.2. The third-order valence-electron chi connectivity index (χ3n) is 4.10. The predicted octanol–water partition coefficient (Wildman–Crippen LogP) is 5.87. The van der Waals surface area contributed by atoms with Gasteiger partial charge >= 0.3 is 0 Å². The minimum absolute atomic E-state index is 0.106. The number of carbonyl (C=O) groups excluding carboxylic acids is 1. The van der Waals surface area contributed by atoms with E-state index in [1.807, 2.05) is 63.2 Å². The molecular weight excluding hydrogens is 430 g/mol. The highest BCUT2D eigenvalue weighted by atomic mass is 79.9. The summed E-state index contributed by atoms with van der Waals surface area (Å²) in [7, 11) is 0. The maximum Gasteiger partial charge on any atom is 0.270 e. The van der Waals surface area contributed by atoms with Gasteiger partial charge in [0.1, 0.15) is 5.75 Å². The molecule has 6 heteroatoms. The Bertz CT molecular complexity index is 924. The van der Waals surface area contributed by atoms with Gasteiger partial charge in [0.2, 0.25) is 0 Å². The number of carbonyl (C=O) groups is 1. The van der Waals surface area contributed by atoms with Gasteiger partial charge in [-0.1, -0.05) is 46.0 Å². The van der Waals surface area contributed by atoms with Crippen molar-refractivity contribution in [2.24, 2.45) is 0 Å². The molecule has 0 unspecified atom stereocenters. The normalized spacial score (nSPS) is 15.8. The van der Waals surface area contributed by atoms with Crippen molar-refractivity contribution in [2.75, 3.05) is 11.5 Å². The highest BCUT2D eigenvalue weighted by molar-refractivity contribution is 9.10. The fraction of sp³-hybridized carbons (Fsp3) is 0.200. The number of thiocarbonyl (C=S) groups is 1. The van der Waals surface area contributed by atoms with E-state index in [1.54, 1.807) is 4.90 Å². The first kappa shape index (κ1) is 19.1. The number of halogens is 1. The van der Waals surface area contributed by atoms with E-state index in [-0.39, 0.29) is 5.91 Å². The van der Waals surface area contributed by atoms with Crippen molar-refractivity contribution >= 4 is 61.9 Å². The summed E-state index contributed by atoms with van der Waals surface area (Å²) in [6.07, 6.45) is 1.84. The number of benzene rings is 2. The van der Waals surface area contributed by atoms with Gasteiger partial charge in [-0.2, -0.15) is 0 Å². The summed E-state index contributed by atoms with van der Waals surface area (Å²) in [6, 6.07) is 11.7. The van der Waals surface area contributed by atoms with E-state index in [1.165, 1.54) is 17.3 Å². The number of rotatable bonds is 4. The van der Waals surface area contributed by atoms with Crippen molar-refractivity contribution in [3.63, 3.8) is 0 Å². The molecule has 1 saturated heterocycles. The Kier molecular flexibility index (Phi) is 5.85. The van der Waals surface area contributed by atoms with Crippen molar-refractivity contribution in [1.82, 2.24) is 0 Å². The number of hydrogen-bond donors (Lipinski definition) is 0. The Morgan fingerprint density at radius 1 is 1.19 bits per heavy atom. The molecule has 1 aliphatic heterocycles. The molecule has 0 saturated carbocycles. The SMILES string of the molecule is CCOc1ccc(Br)cc1/C=C1/SC(=S)N(c2ccc(C)c(C)c2)C1=O. The second-order valence-corrected chi connectivity index (χ2v) is 8.49. The average molecular weight is 448 g/mol. The lowest BCUT2D eigenvalue weighted by molar-refractivity contribution is -0.113. The third kappa shape index (κ3) is 3.87. The average Bonchev–Trinajstić information content (AvgIpc) is 2.87. The Labute approximate surface area is 171 Å². The molecule has 0 aliphatic carbocycles. The highest BCUT2D eigenvalue weighted by Crippen LogP contribution is 2.38. The number of aryl methyl sites for hydroxylation is 2. The van der Waals surface area contributed by atoms with Gasteiger partial charge in [0, 0.05) is 10.0 Å². The lowest BCUT2D eigenvalue weighted by Crippen LogP contribution is -2.27. The van der Waals surface area contributed by atoms with Crippen LogP contribution in [0.15, 0.2) is 45.8 Å². The summed E-state index contributed by atoms with van der Waals surface area (Å²) >= 11 is 10.3. The van der Waals surface area contributed by atoms with Crippen LogP contribution in [-0.4, -0.2) is 16.8 Å². The Balaban J connectivity index is 1.97. The van der Waals surface area contributed by atoms with Crippen LogP contribution in [0.4, 0.5) is 5.69 Å². The monoisotopic (exact) mass is 447 g/mol. The first-order chi connectivity index (χ1) is 12.4. The number of thioether (sulfide) groups is 1. The van der Waals surface area contributed by atoms with Crippen LogP contribution in [0, 0.1) is 13.8 Å². The van der Waals surface area contributed by atoms with Crippen LogP contribution in [0.1, 0.15) is 23.6 Å². The lowest BCUT2D eigenvalue weighted by atomic mass is 10.1. The molecule has 3 nitrogen and oxygen atoms in total. The van der Waals surface area contributed by atoms with Gasteiger partial charge in [0.25, 0.3) is 5.91 Å². The lowest BCUT2D eigenvalue weighted by Gasteiger charge is -2.16. The molecule has 26 heavy (non-hydrogen) atoms. The van der Waals surface area contributed by atoms with Crippen molar-refractivity contribution < 1.29 is 9.53 Å². The molecule has 0 radical (unpaired) electrons. The summed E-state index contributed by atoms with van der Waals surface area (Å²) in [5.41, 5.74) is 3.97. The molecule has 0 atom stereocenters. The van der Waals surface area contributed by atoms with E-state index in [2.05, 4.69) is 15.9 Å². The van der Waals surface area contributed by atoms with E-state index >= 15 is 0 Å². The van der Waals surface area contributed by atoms with E-state index in [0.29, 0.717) is 15.8 Å². The Hall–Kier alpha value is -1.63. The minimum Gasteiger partial charge on any atom is -0.493 e. The number of anilines is 1. The molecule has 2 aromatic carbocycles. The van der Waals surface area contributed by atoms with Crippen LogP contribution in [0.5, 0.6) is 5.75 Å². The molecule has 0 bridgehead atoms. The minimum atomic E-state index is -0.106. The molecule has 2 aromatic rings. The summed E-state index contributed by atoms with van der Waals surface area (Å²) < 4.78 is 7.14. The molecular formula is C20H18BrNO2S2. The van der Waals surface area contributed by atoms with Crippen LogP contribution in [0.2, 0.25) is 0 Å². The van der Waals surface area contributed by atoms with Crippen LogP contribution < -0.4 is 9.64 Å². The standard InChI is InChI=1S/C20H18BrNO2S2/c1-4-24-17-8-6-15(21)10-14(17)11-18-19(23)22(20(25)26-18)16-7-5-12(2)13(3)9-16/h5-11H,4H2,1-3H3/b18-11+. The second-order valence-electron chi connectivity index (χ2n) is 5.90. The van der Waals surface area contributed by atoms with Crippen molar-refractivity contribution in [3.8, 4) is 5.75 Å². The molecule has 0 spiro atoms. The van der Waals surface area contributed by atoms with Gasteiger partial charge in [-0.3, -0.25) is 9.69 Å². The molecule has 1 amide bonds. The van der Waals surface area contributed by atoms with E-state index in [0.717, 1.165) is 27.0 Å². The third-order valence-corrected chi connectivity index (χ3v) is 5.90. The molecule has 0 aromatic heterocycles. The van der Waals surface area contributed by atoms with Crippen molar-refractivity contribution in [1.29, 1.82) is 0 Å². The molecule has 134 valence electrons. The Morgan fingerprint density at radius 3 is 2.65 bits per heavy atom. The van der Waals surface area contributed by atoms with Gasteiger partial charge in [-0.05, 0) is 68.3 Å². The van der Waals surface area contributed by atoms with Crippen LogP contribution in [0.3, 0.4) is 0 Å². The van der Waals surface area contributed by atoms with Crippen molar-refractivity contribution in [3.05, 3.63) is 62.5 Å². The molecule has 1 fully saturated rings. The maximum absolute atomic E-state index is 13.0. The van der Waals surface area contributed by atoms with E-state index in [4.69, 9.17) is 17.0 Å². The Morgan fingerprint density at radius 2 is 1.96 bits per heavy atom. The molecule has 0 N–H and O–H groups in total. The number of hydrogen-bond acceptors (Lipinski definition) is 4. The first-order valence-electron chi connectivity index (χ1n) is 8.18. The number of nitrogens with zero attached hydrogens (tertiary/aromatic N) is 1. The second kappa shape index (κ2) is 7.94. The summed E-state index contributed by atoms with van der Waals surface area (Å²) in [4.78, 5) is 15.2. The van der Waals surface area contributed by atoms with Gasteiger partial charge in [-0.15, -0.1) is 0 Å². The van der Waals surface area contributed by atoms with Gasteiger partial charge in [0.05, 0.1) is 17.2 Å². The maximum atomic E-state index is 13.0. The van der Waals surface area contributed by atoms with E-state index in [9.17, 15) is 4.79 Å². The smallest absolute Gasteiger partial charge is 0.270 e. The number of amides is 1. The van der Waals surface area contributed by atoms with Crippen LogP contribution in [0.25, 0.3) is 6.08 Å². The van der Waals surface area contributed by atoms with Crippen LogP contribution >= 0.6 is 39.9 Å². The quantitative estimate of drug-likeness (QED) is 0.432. The topological polar surface area (TPSA) is 29.5 Å². The summed E-state index contributed by atoms with van der Waals surface area (Å²) in [6.45, 7) is 6.57. The molecule has 3 rings (SSSR count). The predicted molar refractivity (Wildman–Crippen MR) is 117 cm³/mol. The van der Waals surface area contributed by atoms with Gasteiger partial charge < -0.3 is 4.74 Å². The zero-order chi connectivity index (χ0) is 18.8. The largest absolute Gasteiger partial charge is 0.493 e. The van der Waals surface area contributed by atoms with Gasteiger partial charge in [-0.25, -0.2) is 0 Å². The fourth-order valence-electron chi connectivity index (χ4n) is 2.62. The van der Waals surface area contributed by atoms with Crippen LogP contribution in [-0.2, 0) is 4.79 Å². The molecule has 1 aliphatic rings. The molecule has 1 heterocycles. The highest BCUT2D eigenvalue weighted by Gasteiger charge is 2.33. The fourth-order valence-corrected chi connectivity index (χ4v) is 4.28. The zero-order valence-corrected chi connectivity index (χ0v) is 17.9. The van der Waals surface area contributed by atoms with Crippen molar-refractivity contribution in [2.45, 2.75) is 20.8 Å². The summed E-state index contributed by atoms with van der Waals surface area (Å²) in [5.74, 6) is 0.637. The zero-order valence-electron chi connectivity index (χ0n) is 14.7. The number of ether oxygens (including phenoxy) is 1. The summed E-state index contributed by atoms with van der Waals surface area (Å²) in [5, 5.41) is 0. The van der Waals surface area contributed by atoms with Gasteiger partial charge in [0.15, 0.2) is 4.32 Å².